The molecule has 0 heterocycles. The van der Waals surface area contributed by atoms with Gasteiger partial charge in [0.25, 0.3) is 10.0 Å². The highest BCUT2D eigenvalue weighted by Gasteiger charge is 2.25. The first-order chi connectivity index (χ1) is 21.8. The van der Waals surface area contributed by atoms with Crippen LogP contribution in [-0.4, -0.2) is 26.6 Å². The van der Waals surface area contributed by atoms with Crippen molar-refractivity contribution in [3.05, 3.63) is 0 Å². The van der Waals surface area contributed by atoms with E-state index in [0.717, 1.165) is 0 Å². The highest BCUT2D eigenvalue weighted by atomic mass is 28.4. The van der Waals surface area contributed by atoms with Crippen LogP contribution in [0.1, 0.15) is 219 Å². The van der Waals surface area contributed by atoms with Gasteiger partial charge in [0.05, 0.1) is 0 Å². The number of hydrogen-bond donors (Lipinski definition) is 0. The van der Waals surface area contributed by atoms with E-state index in [0.29, 0.717) is 0 Å². The van der Waals surface area contributed by atoms with Crippen molar-refractivity contribution in [3.63, 3.8) is 0 Å². The summed E-state index contributed by atoms with van der Waals surface area (Å²) in [5.41, 5.74) is 0. The molecule has 0 spiro atoms. The largest absolute Gasteiger partial charge is 0.441 e. The fraction of sp³-hybridized carbons (Fsp3) is 1.00. The molecule has 0 aromatic heterocycles. The summed E-state index contributed by atoms with van der Waals surface area (Å²) in [5, 5.41) is 0. The molecular formula is C40H88O2Si3. The fourth-order valence-corrected chi connectivity index (χ4v) is 13.4. The van der Waals surface area contributed by atoms with E-state index in [1.54, 1.807) is 0 Å². The van der Waals surface area contributed by atoms with Crippen LogP contribution in [0, 0.1) is 0 Å². The quantitative estimate of drug-likeness (QED) is 0.0476. The van der Waals surface area contributed by atoms with Gasteiger partial charge in [-0.2, -0.15) is 0 Å². The Kier molecular flexibility index (Phi) is 34.9. The first-order valence-electron chi connectivity index (χ1n) is 21.1. The summed E-state index contributed by atoms with van der Waals surface area (Å²) in [6, 6.07) is 2.64. The molecule has 45 heavy (non-hydrogen) atoms. The minimum Gasteiger partial charge on any atom is -0.441 e. The summed E-state index contributed by atoms with van der Waals surface area (Å²) in [7, 11) is -3.86. The molecule has 0 fully saturated rings. The van der Waals surface area contributed by atoms with Crippen molar-refractivity contribution in [1.82, 2.24) is 0 Å². The van der Waals surface area contributed by atoms with Gasteiger partial charge >= 0.3 is 0 Å². The predicted molar refractivity (Wildman–Crippen MR) is 214 cm³/mol. The minimum atomic E-state index is -1.53. The lowest BCUT2D eigenvalue weighted by Gasteiger charge is -2.28. The van der Waals surface area contributed by atoms with Crippen molar-refractivity contribution in [2.75, 3.05) is 0 Å². The van der Waals surface area contributed by atoms with E-state index in [9.17, 15) is 0 Å². The molecule has 0 aliphatic heterocycles. The van der Waals surface area contributed by atoms with Gasteiger partial charge in [-0.1, -0.05) is 219 Å². The lowest BCUT2D eigenvalue weighted by molar-refractivity contribution is 0.443. The summed E-state index contributed by atoms with van der Waals surface area (Å²) < 4.78 is 13.0. The standard InChI is InChI=1S/C40H88O2Si3/c1-7-9-11-13-15-17-19-21-23-25-27-29-31-33-35-37-39-44(3,4)41-43-42-45(5,6)40-38-36-34-32-30-28-26-24-22-20-18-16-14-12-10-8-2/h7-40,43H2,1-6H3. The van der Waals surface area contributed by atoms with Crippen LogP contribution in [0.5, 0.6) is 0 Å². The molecule has 272 valence electrons. The monoisotopic (exact) mass is 685 g/mol. The molecule has 0 aromatic rings. The predicted octanol–water partition coefficient (Wildman–Crippen LogP) is 15.0. The Labute approximate surface area is 291 Å². The molecule has 0 radical (unpaired) electrons. The maximum absolute atomic E-state index is 6.51. The third-order valence-electron chi connectivity index (χ3n) is 10.2. The minimum absolute atomic E-state index is 0.808. The second kappa shape index (κ2) is 34.4. The Morgan fingerprint density at radius 3 is 0.667 bits per heavy atom. The van der Waals surface area contributed by atoms with Crippen LogP contribution in [0.2, 0.25) is 38.3 Å². The third kappa shape index (κ3) is 37.2. The smallest absolute Gasteiger partial charge is 0.283 e. The van der Waals surface area contributed by atoms with Gasteiger partial charge in [-0.25, -0.2) is 0 Å². The van der Waals surface area contributed by atoms with Crippen molar-refractivity contribution >= 4 is 26.6 Å². The van der Waals surface area contributed by atoms with Gasteiger partial charge in [-0.3, -0.25) is 0 Å². The summed E-state index contributed by atoms with van der Waals surface area (Å²) in [6.07, 6.45) is 46.2. The van der Waals surface area contributed by atoms with E-state index in [4.69, 9.17) is 8.23 Å². The van der Waals surface area contributed by atoms with E-state index in [1.807, 2.05) is 0 Å². The molecule has 0 unspecified atom stereocenters. The zero-order chi connectivity index (χ0) is 33.2. The number of unbranched alkanes of at least 4 members (excludes halogenated alkanes) is 30. The Morgan fingerprint density at radius 2 is 0.467 bits per heavy atom. The lowest BCUT2D eigenvalue weighted by atomic mass is 10.0. The van der Waals surface area contributed by atoms with Crippen LogP contribution in [-0.2, 0) is 8.23 Å². The van der Waals surface area contributed by atoms with E-state index < -0.39 is 26.6 Å². The van der Waals surface area contributed by atoms with Gasteiger partial charge in [0.15, 0.2) is 16.6 Å². The Balaban J connectivity index is 3.49. The van der Waals surface area contributed by atoms with E-state index in [-0.39, 0.29) is 0 Å². The normalized spacial score (nSPS) is 12.4. The SMILES string of the molecule is CCCCCCCCCCCCCCCCCC[Si](C)(C)O[SiH2]O[Si](C)(C)CCCCCCCCCCCCCCCCCC. The van der Waals surface area contributed by atoms with Crippen molar-refractivity contribution in [3.8, 4) is 0 Å². The summed E-state index contributed by atoms with van der Waals surface area (Å²) in [5.74, 6) is 0. The van der Waals surface area contributed by atoms with E-state index in [1.165, 1.54) is 218 Å². The molecule has 2 nitrogen and oxygen atoms in total. The van der Waals surface area contributed by atoms with Gasteiger partial charge in [0, 0.05) is 0 Å². The van der Waals surface area contributed by atoms with Crippen molar-refractivity contribution < 1.29 is 8.23 Å². The van der Waals surface area contributed by atoms with Crippen LogP contribution in [0.25, 0.3) is 0 Å². The molecule has 0 N–H and O–H groups in total. The maximum atomic E-state index is 6.51. The Hall–Kier alpha value is 0.571. The Bertz CT molecular complexity index is 522. The lowest BCUT2D eigenvalue weighted by Crippen LogP contribution is -2.38. The summed E-state index contributed by atoms with van der Waals surface area (Å²) in [6.45, 7) is 14.3. The molecule has 0 saturated heterocycles. The van der Waals surface area contributed by atoms with Crippen LogP contribution >= 0.6 is 0 Å². The highest BCUT2D eigenvalue weighted by Crippen LogP contribution is 2.21. The van der Waals surface area contributed by atoms with Crippen molar-refractivity contribution in [2.24, 2.45) is 0 Å². The van der Waals surface area contributed by atoms with Crippen LogP contribution in [0.3, 0.4) is 0 Å². The number of hydrogen-bond acceptors (Lipinski definition) is 2. The average molecular weight is 685 g/mol. The zero-order valence-electron chi connectivity index (χ0n) is 32.6. The second-order valence-electron chi connectivity index (χ2n) is 16.0. The fourth-order valence-electron chi connectivity index (χ4n) is 6.69. The van der Waals surface area contributed by atoms with Gasteiger partial charge in [-0.05, 0) is 38.3 Å². The zero-order valence-corrected chi connectivity index (χ0v) is 36.0. The van der Waals surface area contributed by atoms with Crippen molar-refractivity contribution in [1.29, 1.82) is 0 Å². The molecule has 0 aliphatic rings. The molecule has 0 atom stereocenters. The Morgan fingerprint density at radius 1 is 0.289 bits per heavy atom. The van der Waals surface area contributed by atoms with E-state index in [2.05, 4.69) is 40.0 Å². The first kappa shape index (κ1) is 45.6. The van der Waals surface area contributed by atoms with Gasteiger partial charge in [0.1, 0.15) is 0 Å². The first-order valence-corrected chi connectivity index (χ1v) is 28.5. The third-order valence-corrected chi connectivity index (χ3v) is 20.5. The van der Waals surface area contributed by atoms with Gasteiger partial charge < -0.3 is 8.23 Å². The summed E-state index contributed by atoms with van der Waals surface area (Å²) >= 11 is 0. The second-order valence-corrected chi connectivity index (χ2v) is 26.6. The molecule has 0 aliphatic carbocycles. The van der Waals surface area contributed by atoms with Crippen LogP contribution in [0.15, 0.2) is 0 Å². The molecule has 0 rings (SSSR count). The molecular weight excluding hydrogens is 597 g/mol. The topological polar surface area (TPSA) is 18.5 Å². The van der Waals surface area contributed by atoms with Gasteiger partial charge in [0.2, 0.25) is 0 Å². The average Bonchev–Trinajstić information content (AvgIpc) is 3.00. The molecule has 0 amide bonds. The molecule has 5 heteroatoms. The molecule has 0 bridgehead atoms. The van der Waals surface area contributed by atoms with Crippen molar-refractivity contribution in [2.45, 2.75) is 258 Å². The van der Waals surface area contributed by atoms with Crippen LogP contribution in [0.4, 0.5) is 0 Å². The maximum Gasteiger partial charge on any atom is 0.283 e. The number of rotatable bonds is 38. The molecule has 0 saturated carbocycles. The van der Waals surface area contributed by atoms with E-state index >= 15 is 0 Å². The summed E-state index contributed by atoms with van der Waals surface area (Å²) in [4.78, 5) is 0. The van der Waals surface area contributed by atoms with Crippen LogP contribution < -0.4 is 0 Å². The van der Waals surface area contributed by atoms with Gasteiger partial charge in [-0.15, -0.1) is 0 Å². The highest BCUT2D eigenvalue weighted by molar-refractivity contribution is 6.78. The molecule has 0 aromatic carbocycles.